The van der Waals surface area contributed by atoms with Crippen molar-refractivity contribution in [2.75, 3.05) is 17.7 Å². The van der Waals surface area contributed by atoms with Gasteiger partial charge in [0.15, 0.2) is 0 Å². The van der Waals surface area contributed by atoms with Crippen LogP contribution in [0.2, 0.25) is 0 Å². The predicted octanol–water partition coefficient (Wildman–Crippen LogP) is 7.04. The summed E-state index contributed by atoms with van der Waals surface area (Å²) in [5.41, 5.74) is 6.04. The fraction of sp³-hybridized carbons (Fsp3) is 0.375. The molecule has 0 bridgehead atoms. The van der Waals surface area contributed by atoms with Gasteiger partial charge in [-0.2, -0.15) is 0 Å². The second kappa shape index (κ2) is 15.0. The summed E-state index contributed by atoms with van der Waals surface area (Å²) >= 11 is 6.28. The van der Waals surface area contributed by atoms with E-state index in [0.717, 1.165) is 47.9 Å². The maximum Gasteiger partial charge on any atom is 0.323 e. The van der Waals surface area contributed by atoms with Crippen LogP contribution in [0, 0.1) is 0 Å². The number of aliphatic carboxylic acids is 2. The number of benzene rings is 2. The number of aryl methyl sites for hydroxylation is 1. The van der Waals surface area contributed by atoms with Crippen molar-refractivity contribution in [3.63, 3.8) is 0 Å². The third-order valence-electron chi connectivity index (χ3n) is 7.44. The number of fused-ring (bicyclic) bond motifs is 3. The Bertz CT molecular complexity index is 1320. The smallest absolute Gasteiger partial charge is 0.323 e. The van der Waals surface area contributed by atoms with Crippen LogP contribution < -0.4 is 4.90 Å². The average molecular weight is 595 g/mol. The Kier molecular flexibility index (Phi) is 11.7. The lowest BCUT2D eigenvalue weighted by Crippen LogP contribution is -2.37. The van der Waals surface area contributed by atoms with Crippen LogP contribution in [0.5, 0.6) is 0 Å². The van der Waals surface area contributed by atoms with Crippen molar-refractivity contribution in [2.24, 2.45) is 0 Å². The van der Waals surface area contributed by atoms with E-state index in [2.05, 4.69) is 47.4 Å². The summed E-state index contributed by atoms with van der Waals surface area (Å²) in [6.07, 6.45) is 14.6. The molecular weight excluding hydrogens is 556 g/mol. The zero-order valence-corrected chi connectivity index (χ0v) is 24.1. The highest BCUT2D eigenvalue weighted by Gasteiger charge is 2.42. The molecule has 1 saturated carbocycles. The SMILES string of the molecule is C.CSC(=S)N(CC(=O)O)C(=O)C=CC=Cc1ccc2c(c1)C1CCCC1N2c1ccc(CCCCC(=O)O)cc1. The first-order valence-electron chi connectivity index (χ1n) is 13.5. The van der Waals surface area contributed by atoms with E-state index in [1.807, 2.05) is 6.08 Å². The number of rotatable bonds is 11. The maximum atomic E-state index is 12.5. The minimum atomic E-state index is -1.12. The second-order valence-corrected chi connectivity index (χ2v) is 11.5. The van der Waals surface area contributed by atoms with Crippen molar-refractivity contribution in [3.05, 3.63) is 77.4 Å². The number of unbranched alkanes of at least 4 members (excludes halogenated alkanes) is 1. The van der Waals surface area contributed by atoms with Crippen molar-refractivity contribution in [1.29, 1.82) is 0 Å². The molecule has 1 aliphatic heterocycles. The molecular formula is C32H38N2O5S2. The van der Waals surface area contributed by atoms with Gasteiger partial charge in [0.1, 0.15) is 10.9 Å². The summed E-state index contributed by atoms with van der Waals surface area (Å²) in [5, 5.41) is 17.9. The number of nitrogens with zero attached hydrogens (tertiary/aromatic N) is 2. The zero-order chi connectivity index (χ0) is 28.6. The van der Waals surface area contributed by atoms with Crippen molar-refractivity contribution in [3.8, 4) is 0 Å². The van der Waals surface area contributed by atoms with Crippen LogP contribution in [0.3, 0.4) is 0 Å². The molecule has 2 atom stereocenters. The van der Waals surface area contributed by atoms with Crippen LogP contribution >= 0.6 is 24.0 Å². The molecule has 2 aliphatic rings. The van der Waals surface area contributed by atoms with Crippen LogP contribution in [0.15, 0.2) is 60.7 Å². The Labute approximate surface area is 251 Å². The van der Waals surface area contributed by atoms with E-state index in [1.165, 1.54) is 35.0 Å². The van der Waals surface area contributed by atoms with Gasteiger partial charge in [0.25, 0.3) is 5.91 Å². The van der Waals surface area contributed by atoms with Crippen LogP contribution in [0.1, 0.15) is 68.6 Å². The predicted molar refractivity (Wildman–Crippen MR) is 171 cm³/mol. The molecule has 0 spiro atoms. The van der Waals surface area contributed by atoms with E-state index in [1.54, 1.807) is 18.4 Å². The molecule has 1 heterocycles. The van der Waals surface area contributed by atoms with Crippen LogP contribution in [0.4, 0.5) is 11.4 Å². The van der Waals surface area contributed by atoms with Gasteiger partial charge in [0.05, 0.1) is 0 Å². The van der Waals surface area contributed by atoms with E-state index in [9.17, 15) is 14.4 Å². The molecule has 2 N–H and O–H groups in total. The molecule has 0 saturated heterocycles. The third kappa shape index (κ3) is 8.07. The topological polar surface area (TPSA) is 98.2 Å². The molecule has 7 nitrogen and oxygen atoms in total. The van der Waals surface area contributed by atoms with Crippen LogP contribution in [-0.2, 0) is 20.8 Å². The molecule has 41 heavy (non-hydrogen) atoms. The summed E-state index contributed by atoms with van der Waals surface area (Å²) in [4.78, 5) is 37.8. The Morgan fingerprint density at radius 1 is 1.05 bits per heavy atom. The van der Waals surface area contributed by atoms with E-state index < -0.39 is 24.4 Å². The number of carboxylic acid groups (broad SMARTS) is 2. The lowest BCUT2D eigenvalue weighted by molar-refractivity contribution is -0.140. The fourth-order valence-electron chi connectivity index (χ4n) is 5.62. The second-order valence-electron chi connectivity index (χ2n) is 10.1. The quantitative estimate of drug-likeness (QED) is 0.124. The lowest BCUT2D eigenvalue weighted by atomic mass is 9.96. The standard InChI is InChI=1S/C31H34N2O5S2.CH4/c1-40-31(39)32(20-30(37)38)28(34)11-4-2-8-22-15-18-27-25(19-22)24-9-6-10-26(24)33(27)23-16-13-21(14-17-23)7-3-5-12-29(35)36;/h2,4,8,11,13-19,24,26H,3,5-7,9-10,12,20H2,1H3,(H,35,36)(H,37,38);1H4. The van der Waals surface area contributed by atoms with Crippen molar-refractivity contribution < 1.29 is 24.6 Å². The molecule has 1 fully saturated rings. The Morgan fingerprint density at radius 3 is 2.49 bits per heavy atom. The number of allylic oxidation sites excluding steroid dienone is 2. The molecule has 1 aliphatic carbocycles. The van der Waals surface area contributed by atoms with Crippen LogP contribution in [0.25, 0.3) is 6.08 Å². The monoisotopic (exact) mass is 594 g/mol. The number of thioether (sulfide) groups is 1. The summed E-state index contributed by atoms with van der Waals surface area (Å²) in [7, 11) is 0. The van der Waals surface area contributed by atoms with Crippen molar-refractivity contribution in [1.82, 2.24) is 4.90 Å². The number of hydrogen-bond donors (Lipinski definition) is 2. The molecule has 4 rings (SSSR count). The van der Waals surface area contributed by atoms with Gasteiger partial charge in [-0.05, 0) is 79.3 Å². The number of amides is 1. The first-order valence-corrected chi connectivity index (χ1v) is 15.1. The van der Waals surface area contributed by atoms with Gasteiger partial charge < -0.3 is 15.1 Å². The highest BCUT2D eigenvalue weighted by atomic mass is 32.2. The number of thiocarbonyl (C=S) groups is 1. The molecule has 2 aromatic rings. The molecule has 9 heteroatoms. The van der Waals surface area contributed by atoms with Crippen molar-refractivity contribution >= 4 is 63.6 Å². The van der Waals surface area contributed by atoms with E-state index >= 15 is 0 Å². The minimum Gasteiger partial charge on any atom is -0.481 e. The minimum absolute atomic E-state index is 0. The molecule has 0 radical (unpaired) electrons. The van der Waals surface area contributed by atoms with Gasteiger partial charge in [-0.1, -0.05) is 74.3 Å². The Hall–Kier alpha value is -3.43. The van der Waals surface area contributed by atoms with Gasteiger partial charge in [-0.3, -0.25) is 19.3 Å². The number of carbonyl (C=O) groups is 3. The van der Waals surface area contributed by atoms with Crippen molar-refractivity contribution in [2.45, 2.75) is 64.3 Å². The van der Waals surface area contributed by atoms with Gasteiger partial charge in [0, 0.05) is 35.8 Å². The first-order chi connectivity index (χ1) is 19.3. The Balaban J connectivity index is 0.00000462. The van der Waals surface area contributed by atoms with Crippen LogP contribution in [-0.4, -0.2) is 56.1 Å². The highest BCUT2D eigenvalue weighted by Crippen LogP contribution is 2.52. The van der Waals surface area contributed by atoms with Gasteiger partial charge in [-0.15, -0.1) is 0 Å². The average Bonchev–Trinajstić information content (AvgIpc) is 3.53. The largest absolute Gasteiger partial charge is 0.481 e. The van der Waals surface area contributed by atoms with E-state index in [-0.39, 0.29) is 18.2 Å². The first kappa shape index (κ1) is 32.1. The fourth-order valence-corrected chi connectivity index (χ4v) is 6.14. The van der Waals surface area contributed by atoms with Gasteiger partial charge in [0.2, 0.25) is 0 Å². The Morgan fingerprint density at radius 2 is 1.80 bits per heavy atom. The van der Waals surface area contributed by atoms with E-state index in [0.29, 0.717) is 18.4 Å². The lowest BCUT2D eigenvalue weighted by Gasteiger charge is -2.27. The molecule has 2 unspecified atom stereocenters. The molecule has 2 aromatic carbocycles. The molecule has 0 aromatic heterocycles. The summed E-state index contributed by atoms with van der Waals surface area (Å²) in [5.74, 6) is -1.84. The maximum absolute atomic E-state index is 12.5. The summed E-state index contributed by atoms with van der Waals surface area (Å²) < 4.78 is 0.223. The number of carboxylic acids is 2. The van der Waals surface area contributed by atoms with Gasteiger partial charge in [-0.25, -0.2) is 0 Å². The number of hydrogen-bond acceptors (Lipinski definition) is 6. The third-order valence-corrected chi connectivity index (χ3v) is 8.73. The van der Waals surface area contributed by atoms with E-state index in [4.69, 9.17) is 22.4 Å². The molecule has 218 valence electrons. The zero-order valence-electron chi connectivity index (χ0n) is 22.5. The normalized spacial score (nSPS) is 17.3. The summed E-state index contributed by atoms with van der Waals surface area (Å²) in [6, 6.07) is 15.6. The number of anilines is 2. The summed E-state index contributed by atoms with van der Waals surface area (Å²) in [6.45, 7) is -0.466. The molecule has 1 amide bonds. The van der Waals surface area contributed by atoms with Gasteiger partial charge >= 0.3 is 11.9 Å². The number of carbonyl (C=O) groups excluding carboxylic acids is 1. The highest BCUT2D eigenvalue weighted by molar-refractivity contribution is 8.22.